The number of halogens is 1. The topological polar surface area (TPSA) is 34.1 Å². The predicted molar refractivity (Wildman–Crippen MR) is 32.9 cm³/mol. The highest BCUT2D eigenvalue weighted by Crippen LogP contribution is 2.35. The first-order valence-electron chi connectivity index (χ1n) is 2.46. The van der Waals surface area contributed by atoms with Crippen molar-refractivity contribution in [3.8, 4) is 0 Å². The number of hydrogen-bond donors (Lipinski definition) is 1. The summed E-state index contributed by atoms with van der Waals surface area (Å²) >= 11 is 5.53. The molecule has 0 aromatic carbocycles. The van der Waals surface area contributed by atoms with E-state index in [1.54, 1.807) is 0 Å². The highest BCUT2D eigenvalue weighted by molar-refractivity contribution is 7.72. The Morgan fingerprint density at radius 1 is 1.62 bits per heavy atom. The van der Waals surface area contributed by atoms with Crippen LogP contribution in [0.5, 0.6) is 0 Å². The number of rotatable bonds is 2. The van der Waals surface area contributed by atoms with E-state index >= 15 is 0 Å². The first-order valence-corrected chi connectivity index (χ1v) is 4.26. The minimum absolute atomic E-state index is 0.142. The standard InChI is InChI=1S/C4H7ClO2S/c5-4-1-3(4)2-8(6)7/h3-4,8H,1-2H2. The summed E-state index contributed by atoms with van der Waals surface area (Å²) in [5.41, 5.74) is 0. The molecule has 0 amide bonds. The normalized spacial score (nSPS) is 35.8. The third-order valence-corrected chi connectivity index (χ3v) is 2.52. The van der Waals surface area contributed by atoms with Crippen LogP contribution in [-0.2, 0) is 10.7 Å². The SMILES string of the molecule is O=[SH](=O)CC1CC1Cl. The fourth-order valence-electron chi connectivity index (χ4n) is 0.591. The lowest BCUT2D eigenvalue weighted by molar-refractivity contribution is 0.611. The molecule has 2 unspecified atom stereocenters. The van der Waals surface area contributed by atoms with Crippen LogP contribution in [-0.4, -0.2) is 19.5 Å². The molecule has 0 spiro atoms. The van der Waals surface area contributed by atoms with Crippen molar-refractivity contribution in [1.82, 2.24) is 0 Å². The van der Waals surface area contributed by atoms with Gasteiger partial charge in [0.2, 0.25) is 0 Å². The van der Waals surface area contributed by atoms with E-state index in [1.165, 1.54) is 0 Å². The van der Waals surface area contributed by atoms with E-state index in [4.69, 9.17) is 11.6 Å². The summed E-state index contributed by atoms with van der Waals surface area (Å²) < 4.78 is 19.9. The summed E-state index contributed by atoms with van der Waals surface area (Å²) in [6.07, 6.45) is 0.880. The van der Waals surface area contributed by atoms with E-state index in [0.29, 0.717) is 0 Å². The van der Waals surface area contributed by atoms with Gasteiger partial charge in [0.05, 0.1) is 5.75 Å². The second-order valence-corrected chi connectivity index (χ2v) is 3.62. The maximum atomic E-state index is 9.97. The average molecular weight is 155 g/mol. The highest BCUT2D eigenvalue weighted by atomic mass is 35.5. The van der Waals surface area contributed by atoms with Crippen molar-refractivity contribution in [2.45, 2.75) is 11.8 Å². The van der Waals surface area contributed by atoms with Gasteiger partial charge in [0, 0.05) is 5.38 Å². The molecule has 4 heteroatoms. The van der Waals surface area contributed by atoms with E-state index in [2.05, 4.69) is 0 Å². The van der Waals surface area contributed by atoms with Crippen molar-refractivity contribution in [2.24, 2.45) is 5.92 Å². The largest absolute Gasteiger partial charge is 0.232 e. The van der Waals surface area contributed by atoms with Crippen LogP contribution >= 0.6 is 11.6 Å². The molecule has 0 saturated heterocycles. The zero-order chi connectivity index (χ0) is 6.15. The van der Waals surface area contributed by atoms with E-state index in [9.17, 15) is 8.42 Å². The zero-order valence-electron chi connectivity index (χ0n) is 4.21. The van der Waals surface area contributed by atoms with Gasteiger partial charge in [0.25, 0.3) is 0 Å². The summed E-state index contributed by atoms with van der Waals surface area (Å²) in [6, 6.07) is 0. The Labute approximate surface area is 54.8 Å². The Balaban J connectivity index is 2.23. The summed E-state index contributed by atoms with van der Waals surface area (Å²) in [5.74, 6) is 0.543. The van der Waals surface area contributed by atoms with Crippen LogP contribution in [0.2, 0.25) is 0 Å². The molecule has 0 radical (unpaired) electrons. The lowest BCUT2D eigenvalue weighted by atomic mass is 10.5. The van der Waals surface area contributed by atoms with Crippen LogP contribution in [0.15, 0.2) is 0 Å². The molecule has 2 atom stereocenters. The Kier molecular flexibility index (Phi) is 1.77. The van der Waals surface area contributed by atoms with Gasteiger partial charge in [-0.3, -0.25) is 0 Å². The minimum atomic E-state index is -2.19. The molecule has 2 nitrogen and oxygen atoms in total. The monoisotopic (exact) mass is 154 g/mol. The van der Waals surface area contributed by atoms with Crippen LogP contribution in [0.4, 0.5) is 0 Å². The molecule has 0 aliphatic heterocycles. The smallest absolute Gasteiger partial charge is 0.140 e. The lowest BCUT2D eigenvalue weighted by Crippen LogP contribution is -1.90. The number of alkyl halides is 1. The van der Waals surface area contributed by atoms with Crippen LogP contribution in [0.1, 0.15) is 6.42 Å². The minimum Gasteiger partial charge on any atom is -0.232 e. The Morgan fingerprint density at radius 2 is 2.12 bits per heavy atom. The molecule has 1 fully saturated rings. The van der Waals surface area contributed by atoms with Gasteiger partial charge in [-0.25, -0.2) is 8.42 Å². The second kappa shape index (κ2) is 2.23. The number of thiol groups is 1. The van der Waals surface area contributed by atoms with Crippen molar-refractivity contribution < 1.29 is 8.42 Å². The third kappa shape index (κ3) is 1.63. The fourth-order valence-corrected chi connectivity index (χ4v) is 1.82. The van der Waals surface area contributed by atoms with Gasteiger partial charge in [0.1, 0.15) is 10.7 Å². The van der Waals surface area contributed by atoms with E-state index < -0.39 is 10.7 Å². The fraction of sp³-hybridized carbons (Fsp3) is 1.00. The van der Waals surface area contributed by atoms with Crippen LogP contribution < -0.4 is 0 Å². The maximum absolute atomic E-state index is 9.97. The number of hydrogen-bond acceptors (Lipinski definition) is 2. The summed E-state index contributed by atoms with van der Waals surface area (Å²) in [5, 5.41) is 0.142. The van der Waals surface area contributed by atoms with Crippen molar-refractivity contribution in [3.63, 3.8) is 0 Å². The summed E-state index contributed by atoms with van der Waals surface area (Å²) in [6.45, 7) is 0. The Bertz CT molecular complexity index is 146. The van der Waals surface area contributed by atoms with Crippen LogP contribution in [0.25, 0.3) is 0 Å². The van der Waals surface area contributed by atoms with Gasteiger partial charge in [-0.1, -0.05) is 0 Å². The third-order valence-electron chi connectivity index (χ3n) is 1.22. The van der Waals surface area contributed by atoms with Crippen molar-refractivity contribution in [3.05, 3.63) is 0 Å². The predicted octanol–water partition coefficient (Wildman–Crippen LogP) is 0.225. The molecule has 1 aliphatic carbocycles. The first-order chi connectivity index (χ1) is 3.70. The Hall–Kier alpha value is 0.240. The molecule has 8 heavy (non-hydrogen) atoms. The van der Waals surface area contributed by atoms with Gasteiger partial charge in [0.15, 0.2) is 0 Å². The molecular formula is C4H7ClO2S. The lowest BCUT2D eigenvalue weighted by Gasteiger charge is -1.79. The summed E-state index contributed by atoms with van der Waals surface area (Å²) in [4.78, 5) is 0. The Morgan fingerprint density at radius 3 is 2.25 bits per heavy atom. The molecule has 1 aliphatic rings. The second-order valence-electron chi connectivity index (χ2n) is 2.03. The van der Waals surface area contributed by atoms with Crippen molar-refractivity contribution in [1.29, 1.82) is 0 Å². The molecule has 48 valence electrons. The molecule has 1 saturated carbocycles. The highest BCUT2D eigenvalue weighted by Gasteiger charge is 2.35. The quantitative estimate of drug-likeness (QED) is 0.456. The maximum Gasteiger partial charge on any atom is 0.140 e. The average Bonchev–Trinajstić information content (AvgIpc) is 2.17. The zero-order valence-corrected chi connectivity index (χ0v) is 5.86. The molecule has 0 bridgehead atoms. The first kappa shape index (κ1) is 6.36. The van der Waals surface area contributed by atoms with Crippen molar-refractivity contribution >= 4 is 22.3 Å². The molecule has 1 rings (SSSR count). The van der Waals surface area contributed by atoms with Gasteiger partial charge in [-0.05, 0) is 12.3 Å². The molecular weight excluding hydrogens is 148 g/mol. The summed E-state index contributed by atoms with van der Waals surface area (Å²) in [7, 11) is -2.19. The molecule has 0 heterocycles. The van der Waals surface area contributed by atoms with E-state index in [-0.39, 0.29) is 17.0 Å². The van der Waals surface area contributed by atoms with Crippen LogP contribution in [0, 0.1) is 5.92 Å². The van der Waals surface area contributed by atoms with Gasteiger partial charge in [-0.15, -0.1) is 11.6 Å². The molecule has 0 aromatic rings. The van der Waals surface area contributed by atoms with Crippen LogP contribution in [0.3, 0.4) is 0 Å². The van der Waals surface area contributed by atoms with Gasteiger partial charge < -0.3 is 0 Å². The molecule has 0 aromatic heterocycles. The van der Waals surface area contributed by atoms with Gasteiger partial charge in [-0.2, -0.15) is 0 Å². The van der Waals surface area contributed by atoms with E-state index in [0.717, 1.165) is 6.42 Å². The van der Waals surface area contributed by atoms with Gasteiger partial charge >= 0.3 is 0 Å². The molecule has 0 N–H and O–H groups in total. The van der Waals surface area contributed by atoms with E-state index in [1.807, 2.05) is 0 Å². The van der Waals surface area contributed by atoms with Crippen molar-refractivity contribution in [2.75, 3.05) is 5.75 Å².